The van der Waals surface area contributed by atoms with Gasteiger partial charge in [-0.25, -0.2) is 0 Å². The van der Waals surface area contributed by atoms with Crippen LogP contribution in [0.2, 0.25) is 0 Å². The molecule has 0 spiro atoms. The second kappa shape index (κ2) is 12.6. The Morgan fingerprint density at radius 2 is 1.28 bits per heavy atom. The normalized spacial score (nSPS) is 14.4. The van der Waals surface area contributed by atoms with Gasteiger partial charge in [0.05, 0.1) is 20.3 Å². The monoisotopic (exact) mass is 484 g/mol. The first kappa shape index (κ1) is 25.0. The molecule has 3 aromatic rings. The van der Waals surface area contributed by atoms with Gasteiger partial charge in [0.25, 0.3) is 0 Å². The number of ether oxygens (including phenoxy) is 3. The summed E-state index contributed by atoms with van der Waals surface area (Å²) in [5.41, 5.74) is 3.80. The van der Waals surface area contributed by atoms with Gasteiger partial charge in [-0.3, -0.25) is 9.79 Å². The zero-order valence-electron chi connectivity index (χ0n) is 20.8. The number of aldehydes is 1. The second-order valence-electron chi connectivity index (χ2n) is 8.65. The molecule has 3 aromatic carbocycles. The summed E-state index contributed by atoms with van der Waals surface area (Å²) in [6, 6.07) is 24.0. The Kier molecular flexibility index (Phi) is 8.76. The van der Waals surface area contributed by atoms with Gasteiger partial charge in [0, 0.05) is 17.1 Å². The Bertz CT molecular complexity index is 1120. The van der Waals surface area contributed by atoms with Crippen LogP contribution < -0.4 is 14.4 Å². The highest BCUT2D eigenvalue weighted by Gasteiger charge is 2.13. The highest BCUT2D eigenvalue weighted by molar-refractivity contribution is 5.82. The summed E-state index contributed by atoms with van der Waals surface area (Å²) < 4.78 is 16.2. The van der Waals surface area contributed by atoms with Crippen LogP contribution >= 0.6 is 0 Å². The van der Waals surface area contributed by atoms with Gasteiger partial charge < -0.3 is 19.1 Å². The van der Waals surface area contributed by atoms with Crippen LogP contribution in [0.15, 0.2) is 83.5 Å². The smallest absolute Gasteiger partial charge is 0.185 e. The molecule has 1 aliphatic rings. The number of carbonyl (C=O) groups excluding carboxylic acids is 1. The molecule has 4 rings (SSSR count). The van der Waals surface area contributed by atoms with Gasteiger partial charge in [0.1, 0.15) is 11.5 Å². The fraction of sp³-hybridized carbons (Fsp3) is 0.267. The summed E-state index contributed by atoms with van der Waals surface area (Å²) in [6.07, 6.45) is 9.69. The second-order valence-corrected chi connectivity index (χ2v) is 8.65. The van der Waals surface area contributed by atoms with Crippen LogP contribution in [0, 0.1) is 0 Å². The van der Waals surface area contributed by atoms with Gasteiger partial charge in [-0.2, -0.15) is 0 Å². The first-order valence-electron chi connectivity index (χ1n) is 12.2. The number of hydrogen-bond donors (Lipinski definition) is 0. The SMILES string of the molecule is COc1ccc(N(c2ccc(/C=C(\C=O)OC=NC3CCCCC3)cc2)c2ccc(OC)cc2)cc1. The van der Waals surface area contributed by atoms with E-state index >= 15 is 0 Å². The van der Waals surface area contributed by atoms with Crippen molar-refractivity contribution in [1.29, 1.82) is 0 Å². The van der Waals surface area contributed by atoms with Crippen molar-refractivity contribution in [2.45, 2.75) is 38.1 Å². The molecule has 6 heteroatoms. The molecule has 1 saturated carbocycles. The molecule has 0 unspecified atom stereocenters. The summed E-state index contributed by atoms with van der Waals surface area (Å²) in [5.74, 6) is 1.81. The molecular weight excluding hydrogens is 452 g/mol. The third-order valence-corrected chi connectivity index (χ3v) is 6.27. The average molecular weight is 485 g/mol. The van der Waals surface area contributed by atoms with Crippen LogP contribution in [0.5, 0.6) is 11.5 Å². The van der Waals surface area contributed by atoms with E-state index in [0.29, 0.717) is 12.3 Å². The Hall–Kier alpha value is -4.06. The molecule has 1 fully saturated rings. The minimum atomic E-state index is 0.226. The number of methoxy groups -OCH3 is 2. The van der Waals surface area contributed by atoms with Crippen molar-refractivity contribution >= 4 is 35.8 Å². The lowest BCUT2D eigenvalue weighted by atomic mass is 9.96. The van der Waals surface area contributed by atoms with Crippen molar-refractivity contribution in [3.63, 3.8) is 0 Å². The Morgan fingerprint density at radius 1 is 0.778 bits per heavy atom. The van der Waals surface area contributed by atoms with Crippen molar-refractivity contribution in [2.75, 3.05) is 19.1 Å². The predicted octanol–water partition coefficient (Wildman–Crippen LogP) is 7.09. The van der Waals surface area contributed by atoms with Gasteiger partial charge in [0.15, 0.2) is 18.4 Å². The van der Waals surface area contributed by atoms with Gasteiger partial charge in [-0.05, 0) is 85.1 Å². The third-order valence-electron chi connectivity index (χ3n) is 6.27. The van der Waals surface area contributed by atoms with E-state index in [-0.39, 0.29) is 5.76 Å². The Morgan fingerprint density at radius 3 is 1.75 bits per heavy atom. The Balaban J connectivity index is 1.55. The number of allylic oxidation sites excluding steroid dienone is 1. The van der Waals surface area contributed by atoms with E-state index < -0.39 is 0 Å². The maximum atomic E-state index is 11.6. The van der Waals surface area contributed by atoms with E-state index in [2.05, 4.69) is 9.89 Å². The first-order valence-corrected chi connectivity index (χ1v) is 12.2. The number of hydrogen-bond acceptors (Lipinski definition) is 6. The topological polar surface area (TPSA) is 60.4 Å². The van der Waals surface area contributed by atoms with Crippen LogP contribution in [-0.2, 0) is 9.53 Å². The summed E-state index contributed by atoms with van der Waals surface area (Å²) >= 11 is 0. The summed E-state index contributed by atoms with van der Waals surface area (Å²) in [7, 11) is 3.31. The third kappa shape index (κ3) is 6.54. The predicted molar refractivity (Wildman–Crippen MR) is 145 cm³/mol. The zero-order valence-corrected chi connectivity index (χ0v) is 20.8. The van der Waals surface area contributed by atoms with Gasteiger partial charge in [-0.15, -0.1) is 0 Å². The van der Waals surface area contributed by atoms with Crippen LogP contribution in [-0.4, -0.2) is 32.9 Å². The van der Waals surface area contributed by atoms with Crippen molar-refractivity contribution in [3.05, 3.63) is 84.1 Å². The largest absolute Gasteiger partial charge is 0.497 e. The average Bonchev–Trinajstić information content (AvgIpc) is 2.95. The van der Waals surface area contributed by atoms with E-state index in [1.54, 1.807) is 20.3 Å². The van der Waals surface area contributed by atoms with E-state index in [1.165, 1.54) is 25.7 Å². The molecule has 1 aliphatic carbocycles. The van der Waals surface area contributed by atoms with Crippen LogP contribution in [0.25, 0.3) is 6.08 Å². The summed E-state index contributed by atoms with van der Waals surface area (Å²) in [5, 5.41) is 0. The summed E-state index contributed by atoms with van der Waals surface area (Å²) in [4.78, 5) is 18.2. The lowest BCUT2D eigenvalue weighted by Gasteiger charge is -2.26. The van der Waals surface area contributed by atoms with E-state index in [4.69, 9.17) is 14.2 Å². The molecule has 6 nitrogen and oxygen atoms in total. The van der Waals surface area contributed by atoms with Crippen LogP contribution in [0.1, 0.15) is 37.7 Å². The zero-order chi connectivity index (χ0) is 25.2. The fourth-order valence-corrected chi connectivity index (χ4v) is 4.30. The molecule has 0 N–H and O–H groups in total. The van der Waals surface area contributed by atoms with Gasteiger partial charge in [0.2, 0.25) is 0 Å². The van der Waals surface area contributed by atoms with Gasteiger partial charge >= 0.3 is 0 Å². The van der Waals surface area contributed by atoms with Crippen molar-refractivity contribution < 1.29 is 19.0 Å². The van der Waals surface area contributed by atoms with Crippen LogP contribution in [0.4, 0.5) is 17.1 Å². The molecule has 0 heterocycles. The van der Waals surface area contributed by atoms with Crippen molar-refractivity contribution in [3.8, 4) is 11.5 Å². The molecular formula is C30H32N2O4. The molecule has 0 radical (unpaired) electrons. The maximum absolute atomic E-state index is 11.6. The minimum absolute atomic E-state index is 0.226. The van der Waals surface area contributed by atoms with E-state index in [0.717, 1.165) is 47.0 Å². The van der Waals surface area contributed by atoms with E-state index in [1.807, 2.05) is 72.8 Å². The number of carbonyl (C=O) groups is 1. The molecule has 0 amide bonds. The molecule has 0 atom stereocenters. The molecule has 0 aliphatic heterocycles. The summed E-state index contributed by atoms with van der Waals surface area (Å²) in [6.45, 7) is 0. The molecule has 0 aromatic heterocycles. The number of nitrogens with zero attached hydrogens (tertiary/aromatic N) is 2. The lowest BCUT2D eigenvalue weighted by molar-refractivity contribution is -0.106. The van der Waals surface area contributed by atoms with Crippen LogP contribution in [0.3, 0.4) is 0 Å². The molecule has 0 bridgehead atoms. The number of rotatable bonds is 10. The van der Waals surface area contributed by atoms with E-state index in [9.17, 15) is 4.79 Å². The molecule has 186 valence electrons. The molecule has 0 saturated heterocycles. The highest BCUT2D eigenvalue weighted by Crippen LogP contribution is 2.36. The number of aliphatic imine (C=N–C) groups is 1. The number of benzene rings is 3. The lowest BCUT2D eigenvalue weighted by Crippen LogP contribution is -2.10. The number of anilines is 3. The molecule has 36 heavy (non-hydrogen) atoms. The Labute approximate surface area is 212 Å². The van der Waals surface area contributed by atoms with Gasteiger partial charge in [-0.1, -0.05) is 31.4 Å². The standard InChI is InChI=1S/C30H32N2O4/c1-34-28-16-12-26(13-17-28)32(27-14-18-29(35-2)19-15-27)25-10-8-23(9-11-25)20-30(21-33)36-22-31-24-6-4-3-5-7-24/h8-22,24H,3-7H2,1-2H3/b30-20+,31-22?. The fourth-order valence-electron chi connectivity index (χ4n) is 4.30. The highest BCUT2D eigenvalue weighted by atomic mass is 16.5. The quantitative estimate of drug-likeness (QED) is 0.101. The minimum Gasteiger partial charge on any atom is -0.497 e. The van der Waals surface area contributed by atoms with Crippen molar-refractivity contribution in [1.82, 2.24) is 0 Å². The maximum Gasteiger partial charge on any atom is 0.185 e. The first-order chi connectivity index (χ1) is 17.7. The van der Waals surface area contributed by atoms with Crippen molar-refractivity contribution in [2.24, 2.45) is 4.99 Å².